The molecule has 3 atom stereocenters. The third-order valence-corrected chi connectivity index (χ3v) is 5.16. The molecular formula is C16H21N3O2. The van der Waals surface area contributed by atoms with Crippen molar-refractivity contribution in [3.63, 3.8) is 0 Å². The van der Waals surface area contributed by atoms with Crippen molar-refractivity contribution >= 4 is 17.3 Å². The average molecular weight is 287 g/mol. The molecule has 5 heteroatoms. The lowest BCUT2D eigenvalue weighted by Gasteiger charge is -2.39. The first-order valence-electron chi connectivity index (χ1n) is 7.76. The highest BCUT2D eigenvalue weighted by molar-refractivity contribution is 6.03. The van der Waals surface area contributed by atoms with E-state index in [2.05, 4.69) is 27.7 Å². The van der Waals surface area contributed by atoms with Crippen LogP contribution in [0.15, 0.2) is 18.2 Å². The Morgan fingerprint density at radius 2 is 2.00 bits per heavy atom. The fraction of sp³-hybridized carbons (Fsp3) is 0.562. The summed E-state index contributed by atoms with van der Waals surface area (Å²) in [6.07, 6.45) is 3.88. The first-order chi connectivity index (χ1) is 10.2. The second-order valence-corrected chi connectivity index (χ2v) is 6.40. The number of nitrogens with one attached hydrogen (secondary N) is 2. The molecule has 21 heavy (non-hydrogen) atoms. The molecule has 1 aromatic carbocycles. The van der Waals surface area contributed by atoms with Gasteiger partial charge in [-0.1, -0.05) is 6.07 Å². The minimum absolute atomic E-state index is 0.0155. The Morgan fingerprint density at radius 1 is 1.29 bits per heavy atom. The molecule has 0 saturated carbocycles. The highest BCUT2D eigenvalue weighted by atomic mass is 16.3. The normalized spacial score (nSPS) is 34.0. The number of hydrogen-bond donors (Lipinski definition) is 3. The molecule has 3 unspecified atom stereocenters. The number of likely N-dealkylation sites (N-methyl/N-ethyl adjacent to an activating group) is 1. The molecule has 0 radical (unpaired) electrons. The summed E-state index contributed by atoms with van der Waals surface area (Å²) in [5, 5.41) is 15.9. The fourth-order valence-corrected chi connectivity index (χ4v) is 4.27. The Labute approximate surface area is 124 Å². The molecule has 3 N–H and O–H groups in total. The van der Waals surface area contributed by atoms with Gasteiger partial charge in [0.1, 0.15) is 6.04 Å². The van der Waals surface area contributed by atoms with Crippen LogP contribution >= 0.6 is 0 Å². The van der Waals surface area contributed by atoms with Crippen LogP contribution in [-0.2, 0) is 4.79 Å². The third-order valence-electron chi connectivity index (χ3n) is 5.16. The number of carbonyl (C=O) groups is 1. The van der Waals surface area contributed by atoms with E-state index in [0.29, 0.717) is 12.1 Å². The zero-order valence-electron chi connectivity index (χ0n) is 12.2. The van der Waals surface area contributed by atoms with Crippen LogP contribution in [0.1, 0.15) is 37.3 Å². The Morgan fingerprint density at radius 3 is 2.67 bits per heavy atom. The number of anilines is 2. The maximum Gasteiger partial charge on any atom is 0.246 e. The topological polar surface area (TPSA) is 64.6 Å². The standard InChI is InChI=1S/C16H21N3O2/c1-17-15-13-5-4-11(8-14(13)18-16(15)21)19-9-2-3-10(19)7-12(20)6-9/h4-5,8-10,12,15,17,20H,2-3,6-7H2,1H3,(H,18,21). The van der Waals surface area contributed by atoms with Crippen molar-refractivity contribution in [2.24, 2.45) is 0 Å². The number of rotatable bonds is 2. The van der Waals surface area contributed by atoms with Crippen molar-refractivity contribution in [1.82, 2.24) is 5.32 Å². The molecule has 5 nitrogen and oxygen atoms in total. The minimum atomic E-state index is -0.242. The van der Waals surface area contributed by atoms with Crippen LogP contribution in [0.3, 0.4) is 0 Å². The first-order valence-corrected chi connectivity index (χ1v) is 7.76. The molecule has 3 aliphatic rings. The van der Waals surface area contributed by atoms with Crippen molar-refractivity contribution in [2.75, 3.05) is 17.3 Å². The van der Waals surface area contributed by atoms with Gasteiger partial charge in [-0.15, -0.1) is 0 Å². The Balaban J connectivity index is 1.66. The lowest BCUT2D eigenvalue weighted by Crippen LogP contribution is -2.44. The van der Waals surface area contributed by atoms with Gasteiger partial charge in [0.25, 0.3) is 0 Å². The highest BCUT2D eigenvalue weighted by Crippen LogP contribution is 2.42. The van der Waals surface area contributed by atoms with Crippen molar-refractivity contribution in [2.45, 2.75) is 49.9 Å². The van der Waals surface area contributed by atoms with Gasteiger partial charge < -0.3 is 20.6 Å². The van der Waals surface area contributed by atoms with Gasteiger partial charge in [-0.25, -0.2) is 0 Å². The third kappa shape index (κ3) is 1.95. The second kappa shape index (κ2) is 4.71. The molecule has 112 valence electrons. The molecule has 2 bridgehead atoms. The number of nitrogens with zero attached hydrogens (tertiary/aromatic N) is 1. The summed E-state index contributed by atoms with van der Waals surface area (Å²) >= 11 is 0. The monoisotopic (exact) mass is 287 g/mol. The molecule has 3 heterocycles. The Hall–Kier alpha value is -1.59. The zero-order chi connectivity index (χ0) is 14.6. The second-order valence-electron chi connectivity index (χ2n) is 6.40. The number of fused-ring (bicyclic) bond motifs is 3. The number of benzene rings is 1. The molecule has 1 aromatic rings. The van der Waals surface area contributed by atoms with Gasteiger partial charge in [-0.05, 0) is 44.9 Å². The van der Waals surface area contributed by atoms with E-state index >= 15 is 0 Å². The minimum Gasteiger partial charge on any atom is -0.393 e. The van der Waals surface area contributed by atoms with Crippen molar-refractivity contribution in [3.8, 4) is 0 Å². The predicted octanol–water partition coefficient (Wildman–Crippen LogP) is 1.39. The number of amides is 1. The smallest absolute Gasteiger partial charge is 0.246 e. The maximum atomic E-state index is 11.9. The summed E-state index contributed by atoms with van der Waals surface area (Å²) in [5.74, 6) is 0.0155. The fourth-order valence-electron chi connectivity index (χ4n) is 4.27. The summed E-state index contributed by atoms with van der Waals surface area (Å²) in [5.41, 5.74) is 3.11. The van der Waals surface area contributed by atoms with Crippen LogP contribution in [0, 0.1) is 0 Å². The number of carbonyl (C=O) groups excluding carboxylic acids is 1. The van der Waals surface area contributed by atoms with Crippen LogP contribution in [0.4, 0.5) is 11.4 Å². The van der Waals surface area contributed by atoms with E-state index in [0.717, 1.165) is 36.9 Å². The van der Waals surface area contributed by atoms with E-state index in [1.807, 2.05) is 6.07 Å². The van der Waals surface area contributed by atoms with E-state index in [-0.39, 0.29) is 18.1 Å². The molecule has 0 aliphatic carbocycles. The van der Waals surface area contributed by atoms with E-state index in [1.54, 1.807) is 7.05 Å². The first kappa shape index (κ1) is 13.1. The molecule has 3 aliphatic heterocycles. The summed E-state index contributed by atoms with van der Waals surface area (Å²) in [6.45, 7) is 0. The molecule has 2 fully saturated rings. The lowest BCUT2D eigenvalue weighted by atomic mass is 9.98. The van der Waals surface area contributed by atoms with Gasteiger partial charge in [0.05, 0.1) is 6.10 Å². The predicted molar refractivity (Wildman–Crippen MR) is 81.4 cm³/mol. The number of aliphatic hydroxyl groups is 1. The summed E-state index contributed by atoms with van der Waals surface area (Å²) < 4.78 is 0. The van der Waals surface area contributed by atoms with Gasteiger partial charge in [0.15, 0.2) is 0 Å². The quantitative estimate of drug-likeness (QED) is 0.769. The van der Waals surface area contributed by atoms with E-state index in [1.165, 1.54) is 5.69 Å². The highest BCUT2D eigenvalue weighted by Gasteiger charge is 2.40. The van der Waals surface area contributed by atoms with Crippen molar-refractivity contribution < 1.29 is 9.90 Å². The van der Waals surface area contributed by atoms with Gasteiger partial charge >= 0.3 is 0 Å². The molecule has 4 rings (SSSR count). The Kier molecular flexibility index (Phi) is 2.94. The lowest BCUT2D eigenvalue weighted by molar-refractivity contribution is -0.117. The van der Waals surface area contributed by atoms with E-state index in [9.17, 15) is 9.90 Å². The molecular weight excluding hydrogens is 266 g/mol. The summed E-state index contributed by atoms with van der Waals surface area (Å²) in [7, 11) is 1.81. The average Bonchev–Trinajstić information content (AvgIpc) is 2.91. The van der Waals surface area contributed by atoms with Crippen LogP contribution in [-0.4, -0.2) is 36.2 Å². The van der Waals surface area contributed by atoms with E-state index in [4.69, 9.17) is 0 Å². The zero-order valence-corrected chi connectivity index (χ0v) is 12.2. The molecule has 0 spiro atoms. The van der Waals surface area contributed by atoms with Crippen LogP contribution in [0.2, 0.25) is 0 Å². The van der Waals surface area contributed by atoms with E-state index < -0.39 is 0 Å². The van der Waals surface area contributed by atoms with Gasteiger partial charge in [0, 0.05) is 29.0 Å². The summed E-state index contributed by atoms with van der Waals surface area (Å²) in [4.78, 5) is 14.4. The Bertz CT molecular complexity index is 575. The molecule has 0 aromatic heterocycles. The van der Waals surface area contributed by atoms with Crippen LogP contribution < -0.4 is 15.5 Å². The summed E-state index contributed by atoms with van der Waals surface area (Å²) in [6, 6.07) is 6.89. The van der Waals surface area contributed by atoms with Crippen molar-refractivity contribution in [1.29, 1.82) is 0 Å². The van der Waals surface area contributed by atoms with Crippen LogP contribution in [0.25, 0.3) is 0 Å². The van der Waals surface area contributed by atoms with Gasteiger partial charge in [-0.3, -0.25) is 4.79 Å². The largest absolute Gasteiger partial charge is 0.393 e. The SMILES string of the molecule is CNC1C(=O)Nc2cc(N3C4CCC3CC(O)C4)ccc21. The molecule has 2 saturated heterocycles. The maximum absolute atomic E-state index is 11.9. The number of piperidine rings is 1. The van der Waals surface area contributed by atoms with Crippen molar-refractivity contribution in [3.05, 3.63) is 23.8 Å². The number of hydrogen-bond acceptors (Lipinski definition) is 4. The molecule has 1 amide bonds. The van der Waals surface area contributed by atoms with Gasteiger partial charge in [0.2, 0.25) is 5.91 Å². The van der Waals surface area contributed by atoms with Gasteiger partial charge in [-0.2, -0.15) is 0 Å². The number of aliphatic hydroxyl groups excluding tert-OH is 1. The van der Waals surface area contributed by atoms with Crippen LogP contribution in [0.5, 0.6) is 0 Å².